The number of ether oxygens (including phenoxy) is 1. The van der Waals surface area contributed by atoms with Gasteiger partial charge in [-0.3, -0.25) is 0 Å². The lowest BCUT2D eigenvalue weighted by molar-refractivity contribution is 0.120. The van der Waals surface area contributed by atoms with Crippen LogP contribution in [0.3, 0.4) is 0 Å². The smallest absolute Gasteiger partial charge is 0.261 e. The van der Waals surface area contributed by atoms with E-state index in [-0.39, 0.29) is 6.10 Å². The predicted molar refractivity (Wildman–Crippen MR) is 95.2 cm³/mol. The van der Waals surface area contributed by atoms with Gasteiger partial charge in [-0.15, -0.1) is 0 Å². The van der Waals surface area contributed by atoms with Gasteiger partial charge in [0.15, 0.2) is 0 Å². The summed E-state index contributed by atoms with van der Waals surface area (Å²) >= 11 is 0. The summed E-state index contributed by atoms with van der Waals surface area (Å²) in [6.45, 7) is 3.59. The molecule has 1 unspecified atom stereocenters. The van der Waals surface area contributed by atoms with E-state index in [0.717, 1.165) is 48.5 Å². The molecule has 6 heteroatoms. The first-order valence-corrected chi connectivity index (χ1v) is 8.52. The topological polar surface area (TPSA) is 73.1 Å². The summed E-state index contributed by atoms with van der Waals surface area (Å²) in [5.74, 6) is 1.78. The van der Waals surface area contributed by atoms with Gasteiger partial charge in [0, 0.05) is 24.9 Å². The van der Waals surface area contributed by atoms with Crippen molar-refractivity contribution in [3.63, 3.8) is 0 Å². The van der Waals surface area contributed by atoms with E-state index in [4.69, 9.17) is 9.26 Å². The van der Waals surface area contributed by atoms with Gasteiger partial charge in [-0.2, -0.15) is 4.98 Å². The third-order valence-electron chi connectivity index (χ3n) is 4.37. The van der Waals surface area contributed by atoms with Gasteiger partial charge in [0.2, 0.25) is 5.82 Å². The molecule has 128 valence electrons. The molecule has 0 radical (unpaired) electrons. The Kier molecular flexibility index (Phi) is 4.43. The second kappa shape index (κ2) is 7.03. The molecule has 1 saturated heterocycles. The molecule has 1 N–H and O–H groups in total. The minimum Gasteiger partial charge on any atom is -0.376 e. The van der Waals surface area contributed by atoms with Crippen LogP contribution in [0.5, 0.6) is 0 Å². The van der Waals surface area contributed by atoms with Crippen LogP contribution >= 0.6 is 0 Å². The highest BCUT2D eigenvalue weighted by atomic mass is 16.5. The highest BCUT2D eigenvalue weighted by molar-refractivity contribution is 5.70. The minimum atomic E-state index is 0.236. The lowest BCUT2D eigenvalue weighted by Gasteiger charge is -2.12. The van der Waals surface area contributed by atoms with Crippen molar-refractivity contribution in [2.24, 2.45) is 0 Å². The number of rotatable bonds is 5. The summed E-state index contributed by atoms with van der Waals surface area (Å²) < 4.78 is 11.2. The van der Waals surface area contributed by atoms with Crippen LogP contribution in [0.15, 0.2) is 47.1 Å². The molecule has 25 heavy (non-hydrogen) atoms. The van der Waals surface area contributed by atoms with Gasteiger partial charge in [-0.1, -0.05) is 29.4 Å². The van der Waals surface area contributed by atoms with Gasteiger partial charge >= 0.3 is 0 Å². The Balaban J connectivity index is 1.59. The molecule has 6 nitrogen and oxygen atoms in total. The first kappa shape index (κ1) is 15.8. The molecule has 3 heterocycles. The van der Waals surface area contributed by atoms with E-state index >= 15 is 0 Å². The maximum Gasteiger partial charge on any atom is 0.261 e. The highest BCUT2D eigenvalue weighted by Gasteiger charge is 2.18. The Labute approximate surface area is 146 Å². The van der Waals surface area contributed by atoms with Crippen molar-refractivity contribution in [2.45, 2.75) is 25.9 Å². The first-order valence-electron chi connectivity index (χ1n) is 8.52. The Bertz CT molecular complexity index is 856. The van der Waals surface area contributed by atoms with Crippen LogP contribution in [0.1, 0.15) is 18.4 Å². The number of nitrogens with zero attached hydrogens (tertiary/aromatic N) is 3. The maximum absolute atomic E-state index is 5.65. The van der Waals surface area contributed by atoms with Crippen molar-refractivity contribution < 1.29 is 9.26 Å². The summed E-state index contributed by atoms with van der Waals surface area (Å²) in [5.41, 5.74) is 2.88. The summed E-state index contributed by atoms with van der Waals surface area (Å²) in [6, 6.07) is 11.8. The van der Waals surface area contributed by atoms with Crippen molar-refractivity contribution in [1.29, 1.82) is 0 Å². The van der Waals surface area contributed by atoms with Crippen molar-refractivity contribution in [1.82, 2.24) is 15.1 Å². The molecule has 1 aliphatic heterocycles. The van der Waals surface area contributed by atoms with Gasteiger partial charge < -0.3 is 14.6 Å². The fourth-order valence-corrected chi connectivity index (χ4v) is 3.00. The SMILES string of the molecule is Cc1ccccc1-c1noc(-c2cccnc2NCC2CCCO2)n1. The van der Waals surface area contributed by atoms with Crippen LogP contribution in [-0.4, -0.2) is 34.4 Å². The van der Waals surface area contributed by atoms with Crippen molar-refractivity contribution in [2.75, 3.05) is 18.5 Å². The van der Waals surface area contributed by atoms with E-state index in [9.17, 15) is 0 Å². The number of pyridine rings is 1. The van der Waals surface area contributed by atoms with Crippen LogP contribution < -0.4 is 5.32 Å². The predicted octanol–water partition coefficient (Wildman–Crippen LogP) is 3.70. The molecule has 1 aliphatic rings. The number of anilines is 1. The Morgan fingerprint density at radius 2 is 2.04 bits per heavy atom. The van der Waals surface area contributed by atoms with Gasteiger partial charge in [-0.25, -0.2) is 4.98 Å². The van der Waals surface area contributed by atoms with Gasteiger partial charge in [0.1, 0.15) is 5.82 Å². The van der Waals surface area contributed by atoms with E-state index in [1.165, 1.54) is 0 Å². The zero-order chi connectivity index (χ0) is 17.1. The molecule has 0 aliphatic carbocycles. The van der Waals surface area contributed by atoms with Gasteiger partial charge in [0.05, 0.1) is 11.7 Å². The molecule has 0 saturated carbocycles. The first-order chi connectivity index (χ1) is 12.3. The van der Waals surface area contributed by atoms with Crippen LogP contribution in [0.25, 0.3) is 22.8 Å². The van der Waals surface area contributed by atoms with Crippen LogP contribution in [0.4, 0.5) is 5.82 Å². The largest absolute Gasteiger partial charge is 0.376 e. The third-order valence-corrected chi connectivity index (χ3v) is 4.37. The summed E-state index contributed by atoms with van der Waals surface area (Å²) in [4.78, 5) is 8.98. The van der Waals surface area contributed by atoms with Crippen LogP contribution in [-0.2, 0) is 4.74 Å². The zero-order valence-electron chi connectivity index (χ0n) is 14.1. The van der Waals surface area contributed by atoms with E-state index in [1.54, 1.807) is 6.20 Å². The fraction of sp³-hybridized carbons (Fsp3) is 0.316. The van der Waals surface area contributed by atoms with E-state index < -0.39 is 0 Å². The number of hydrogen-bond acceptors (Lipinski definition) is 6. The normalized spacial score (nSPS) is 16.9. The quantitative estimate of drug-likeness (QED) is 0.766. The number of aromatic nitrogens is 3. The molecule has 0 amide bonds. The van der Waals surface area contributed by atoms with Gasteiger partial charge in [-0.05, 0) is 37.5 Å². The van der Waals surface area contributed by atoms with Crippen molar-refractivity contribution in [3.05, 3.63) is 48.2 Å². The van der Waals surface area contributed by atoms with Gasteiger partial charge in [0.25, 0.3) is 5.89 Å². The minimum absolute atomic E-state index is 0.236. The molecule has 0 bridgehead atoms. The molecular formula is C19H20N4O2. The summed E-state index contributed by atoms with van der Waals surface area (Å²) in [6.07, 6.45) is 4.18. The summed E-state index contributed by atoms with van der Waals surface area (Å²) in [7, 11) is 0. The average Bonchev–Trinajstić information content (AvgIpc) is 3.33. The molecular weight excluding hydrogens is 316 g/mol. The highest BCUT2D eigenvalue weighted by Crippen LogP contribution is 2.28. The Hall–Kier alpha value is -2.73. The standard InChI is InChI=1S/C19H20N4O2/c1-13-6-2-3-8-15(13)18-22-19(25-23-18)16-9-4-10-20-17(16)21-12-14-7-5-11-24-14/h2-4,6,8-10,14H,5,7,11-12H2,1H3,(H,20,21). The lowest BCUT2D eigenvalue weighted by Crippen LogP contribution is -2.19. The fourth-order valence-electron chi connectivity index (χ4n) is 3.00. The molecule has 1 aromatic carbocycles. The Morgan fingerprint density at radius 3 is 2.88 bits per heavy atom. The molecule has 1 fully saturated rings. The van der Waals surface area contributed by atoms with E-state index in [0.29, 0.717) is 11.7 Å². The average molecular weight is 336 g/mol. The van der Waals surface area contributed by atoms with Crippen molar-refractivity contribution in [3.8, 4) is 22.8 Å². The molecule has 0 spiro atoms. The molecule has 3 aromatic rings. The number of nitrogens with one attached hydrogen (secondary N) is 1. The van der Waals surface area contributed by atoms with Crippen LogP contribution in [0, 0.1) is 6.92 Å². The monoisotopic (exact) mass is 336 g/mol. The zero-order valence-corrected chi connectivity index (χ0v) is 14.1. The second-order valence-electron chi connectivity index (χ2n) is 6.15. The molecule has 4 rings (SSSR count). The summed E-state index contributed by atoms with van der Waals surface area (Å²) in [5, 5.41) is 7.49. The number of benzene rings is 1. The molecule has 1 atom stereocenters. The second-order valence-corrected chi connectivity index (χ2v) is 6.15. The van der Waals surface area contributed by atoms with E-state index in [1.807, 2.05) is 43.3 Å². The van der Waals surface area contributed by atoms with Crippen LogP contribution in [0.2, 0.25) is 0 Å². The lowest BCUT2D eigenvalue weighted by atomic mass is 10.1. The van der Waals surface area contributed by atoms with E-state index in [2.05, 4.69) is 20.4 Å². The number of aryl methyl sites for hydroxylation is 1. The van der Waals surface area contributed by atoms with Crippen molar-refractivity contribution >= 4 is 5.82 Å². The maximum atomic E-state index is 5.65. The number of hydrogen-bond donors (Lipinski definition) is 1. The Morgan fingerprint density at radius 1 is 1.16 bits per heavy atom. The molecule has 2 aromatic heterocycles. The third kappa shape index (κ3) is 3.39.